The number of thiophene rings is 1. The average molecular weight is 263 g/mol. The van der Waals surface area contributed by atoms with Gasteiger partial charge < -0.3 is 5.32 Å². The molecule has 0 radical (unpaired) electrons. The van der Waals surface area contributed by atoms with Crippen molar-refractivity contribution in [2.24, 2.45) is 11.3 Å². The first-order valence-electron chi connectivity index (χ1n) is 6.01. The zero-order chi connectivity index (χ0) is 12.9. The second-order valence-electron chi connectivity index (χ2n) is 5.51. The number of fused-ring (bicyclic) bond motifs is 1. The summed E-state index contributed by atoms with van der Waals surface area (Å²) in [5, 5.41) is 4.58. The lowest BCUT2D eigenvalue weighted by Gasteiger charge is -2.09. The lowest BCUT2D eigenvalue weighted by atomic mass is 10.2. The number of nitrogens with one attached hydrogen (secondary N) is 2. The molecule has 6 heteroatoms. The maximum absolute atomic E-state index is 5.42. The molecule has 0 aliphatic heterocycles. The Kier molecular flexibility index (Phi) is 2.46. The van der Waals surface area contributed by atoms with Crippen molar-refractivity contribution in [3.8, 4) is 0 Å². The minimum atomic E-state index is 0.360. The smallest absolute Gasteiger partial charge is 0.240 e. The van der Waals surface area contributed by atoms with Crippen LogP contribution in [0, 0.1) is 12.3 Å². The van der Waals surface area contributed by atoms with E-state index in [0.717, 1.165) is 16.0 Å². The summed E-state index contributed by atoms with van der Waals surface area (Å²) in [6.45, 7) is 6.58. The third-order valence-corrected chi connectivity index (χ3v) is 4.41. The van der Waals surface area contributed by atoms with Gasteiger partial charge in [0.2, 0.25) is 5.95 Å². The minimum Gasteiger partial charge on any atom is -0.366 e. The van der Waals surface area contributed by atoms with Gasteiger partial charge in [-0.1, -0.05) is 13.8 Å². The normalized spacial score (nSPS) is 21.0. The van der Waals surface area contributed by atoms with Gasteiger partial charge in [-0.3, -0.25) is 5.43 Å². The third kappa shape index (κ3) is 1.91. The molecule has 2 heterocycles. The summed E-state index contributed by atoms with van der Waals surface area (Å²) in [6, 6.07) is 2.61. The van der Waals surface area contributed by atoms with Crippen LogP contribution in [0.15, 0.2) is 6.07 Å². The van der Waals surface area contributed by atoms with Gasteiger partial charge in [0.25, 0.3) is 0 Å². The second-order valence-corrected chi connectivity index (χ2v) is 6.74. The summed E-state index contributed by atoms with van der Waals surface area (Å²) in [7, 11) is 0. The number of nitrogens with two attached hydrogens (primary N) is 1. The molecule has 1 unspecified atom stereocenters. The Balaban J connectivity index is 2.03. The Morgan fingerprint density at radius 2 is 2.17 bits per heavy atom. The van der Waals surface area contributed by atoms with Gasteiger partial charge in [0.1, 0.15) is 10.6 Å². The van der Waals surface area contributed by atoms with Crippen LogP contribution >= 0.6 is 11.3 Å². The third-order valence-electron chi connectivity index (χ3n) is 3.47. The maximum atomic E-state index is 5.42. The largest absolute Gasteiger partial charge is 0.366 e. The van der Waals surface area contributed by atoms with Crippen molar-refractivity contribution in [2.75, 3.05) is 10.7 Å². The number of hydrazine groups is 1. The summed E-state index contributed by atoms with van der Waals surface area (Å²) >= 11 is 1.66. The maximum Gasteiger partial charge on any atom is 0.240 e. The van der Waals surface area contributed by atoms with Gasteiger partial charge in [0, 0.05) is 10.9 Å². The predicted molar refractivity (Wildman–Crippen MR) is 75.8 cm³/mol. The van der Waals surface area contributed by atoms with Crippen LogP contribution in [-0.4, -0.2) is 16.0 Å². The first kappa shape index (κ1) is 11.7. The molecule has 2 aromatic rings. The Morgan fingerprint density at radius 1 is 1.44 bits per heavy atom. The molecule has 3 rings (SSSR count). The number of hydrogen-bond donors (Lipinski definition) is 3. The highest BCUT2D eigenvalue weighted by Gasteiger charge is 2.46. The Hall–Kier alpha value is -1.40. The molecule has 0 saturated heterocycles. The number of nitrogen functional groups attached to an aromatic ring is 1. The molecule has 1 aliphatic carbocycles. The fraction of sp³-hybridized carbons (Fsp3) is 0.500. The molecule has 1 fully saturated rings. The molecule has 0 bridgehead atoms. The number of aromatic nitrogens is 2. The van der Waals surface area contributed by atoms with E-state index in [9.17, 15) is 0 Å². The fourth-order valence-corrected chi connectivity index (χ4v) is 2.97. The SMILES string of the molecule is Cc1cc2c(NC3CC3(C)C)nc(NN)nc2s1. The average Bonchev–Trinajstić information content (AvgIpc) is 2.71. The Labute approximate surface area is 110 Å². The molecule has 0 aromatic carbocycles. The molecular weight excluding hydrogens is 246 g/mol. The van der Waals surface area contributed by atoms with Gasteiger partial charge in [0.15, 0.2) is 0 Å². The van der Waals surface area contributed by atoms with E-state index in [2.05, 4.69) is 47.5 Å². The molecular formula is C12H17N5S. The van der Waals surface area contributed by atoms with E-state index >= 15 is 0 Å². The lowest BCUT2D eigenvalue weighted by molar-refractivity contribution is 0.630. The van der Waals surface area contributed by atoms with Gasteiger partial charge in [-0.25, -0.2) is 10.8 Å². The number of rotatable bonds is 3. The van der Waals surface area contributed by atoms with Crippen LogP contribution in [0.3, 0.4) is 0 Å². The quantitative estimate of drug-likeness (QED) is 0.586. The van der Waals surface area contributed by atoms with Crippen molar-refractivity contribution in [1.82, 2.24) is 9.97 Å². The summed E-state index contributed by atoms with van der Waals surface area (Å²) < 4.78 is 0. The van der Waals surface area contributed by atoms with Gasteiger partial charge in [-0.05, 0) is 24.8 Å². The molecule has 0 spiro atoms. The minimum absolute atomic E-state index is 0.360. The number of aryl methyl sites for hydroxylation is 1. The van der Waals surface area contributed by atoms with Gasteiger partial charge in [0.05, 0.1) is 5.39 Å². The van der Waals surface area contributed by atoms with Crippen molar-refractivity contribution in [3.05, 3.63) is 10.9 Å². The Morgan fingerprint density at radius 3 is 2.78 bits per heavy atom. The fourth-order valence-electron chi connectivity index (χ4n) is 2.10. The Bertz CT molecular complexity index is 604. The van der Waals surface area contributed by atoms with Crippen molar-refractivity contribution in [1.29, 1.82) is 0 Å². The van der Waals surface area contributed by atoms with E-state index in [1.165, 1.54) is 11.3 Å². The highest BCUT2D eigenvalue weighted by atomic mass is 32.1. The number of hydrogen-bond acceptors (Lipinski definition) is 6. The molecule has 0 amide bonds. The van der Waals surface area contributed by atoms with Gasteiger partial charge in [-0.15, -0.1) is 11.3 Å². The van der Waals surface area contributed by atoms with Crippen LogP contribution in [0.1, 0.15) is 25.1 Å². The van der Waals surface area contributed by atoms with Crippen molar-refractivity contribution in [3.63, 3.8) is 0 Å². The van der Waals surface area contributed by atoms with Gasteiger partial charge >= 0.3 is 0 Å². The van der Waals surface area contributed by atoms with Crippen LogP contribution in [0.2, 0.25) is 0 Å². The highest BCUT2D eigenvalue weighted by Crippen LogP contribution is 2.47. The highest BCUT2D eigenvalue weighted by molar-refractivity contribution is 7.18. The molecule has 96 valence electrons. The first-order valence-corrected chi connectivity index (χ1v) is 6.82. The monoisotopic (exact) mass is 263 g/mol. The molecule has 1 atom stereocenters. The van der Waals surface area contributed by atoms with Crippen LogP contribution in [0.25, 0.3) is 10.2 Å². The van der Waals surface area contributed by atoms with E-state index in [-0.39, 0.29) is 0 Å². The summed E-state index contributed by atoms with van der Waals surface area (Å²) in [4.78, 5) is 11.0. The zero-order valence-electron chi connectivity index (χ0n) is 10.7. The van der Waals surface area contributed by atoms with E-state index in [4.69, 9.17) is 5.84 Å². The summed E-state index contributed by atoms with van der Waals surface area (Å²) in [5.41, 5.74) is 2.89. The lowest BCUT2D eigenvalue weighted by Crippen LogP contribution is -2.14. The molecule has 2 aromatic heterocycles. The molecule has 18 heavy (non-hydrogen) atoms. The van der Waals surface area contributed by atoms with Gasteiger partial charge in [-0.2, -0.15) is 4.98 Å². The van der Waals surface area contributed by atoms with Crippen LogP contribution < -0.4 is 16.6 Å². The summed E-state index contributed by atoms with van der Waals surface area (Å²) in [5.74, 6) is 6.76. The van der Waals surface area contributed by atoms with E-state index in [1.54, 1.807) is 11.3 Å². The number of anilines is 2. The first-order chi connectivity index (χ1) is 8.49. The van der Waals surface area contributed by atoms with E-state index < -0.39 is 0 Å². The molecule has 4 N–H and O–H groups in total. The van der Waals surface area contributed by atoms with E-state index in [0.29, 0.717) is 17.4 Å². The van der Waals surface area contributed by atoms with Crippen molar-refractivity contribution < 1.29 is 0 Å². The topological polar surface area (TPSA) is 75.9 Å². The second kappa shape index (κ2) is 3.80. The van der Waals surface area contributed by atoms with Crippen LogP contribution in [0.4, 0.5) is 11.8 Å². The molecule has 1 saturated carbocycles. The summed E-state index contributed by atoms with van der Waals surface area (Å²) in [6.07, 6.45) is 1.17. The van der Waals surface area contributed by atoms with Crippen LogP contribution in [0.5, 0.6) is 0 Å². The van der Waals surface area contributed by atoms with E-state index in [1.807, 2.05) is 0 Å². The number of nitrogens with zero attached hydrogens (tertiary/aromatic N) is 2. The standard InChI is InChI=1S/C12H17N5S/c1-6-4-7-9(14-8-5-12(8,2)3)15-11(17-13)16-10(7)18-6/h4,8H,5,13H2,1-3H3,(H2,14,15,16,17). The molecule has 5 nitrogen and oxygen atoms in total. The zero-order valence-corrected chi connectivity index (χ0v) is 11.6. The van der Waals surface area contributed by atoms with Crippen LogP contribution in [-0.2, 0) is 0 Å². The molecule has 1 aliphatic rings. The van der Waals surface area contributed by atoms with Crippen molar-refractivity contribution >= 4 is 33.3 Å². The predicted octanol–water partition coefficient (Wildman–Crippen LogP) is 2.50. The van der Waals surface area contributed by atoms with Crippen molar-refractivity contribution in [2.45, 2.75) is 33.2 Å².